The van der Waals surface area contributed by atoms with Crippen molar-refractivity contribution in [3.05, 3.63) is 72.1 Å². The number of nitrogens with zero attached hydrogens (tertiary/aromatic N) is 6. The highest BCUT2D eigenvalue weighted by molar-refractivity contribution is 5.94. The summed E-state index contributed by atoms with van der Waals surface area (Å²) < 4.78 is 1.52. The van der Waals surface area contributed by atoms with Crippen LogP contribution in [0, 0.1) is 0 Å². The molecule has 0 aliphatic carbocycles. The van der Waals surface area contributed by atoms with E-state index in [-0.39, 0.29) is 11.8 Å². The smallest absolute Gasteiger partial charge is 0.254 e. The van der Waals surface area contributed by atoms with Crippen molar-refractivity contribution in [2.75, 3.05) is 32.7 Å². The van der Waals surface area contributed by atoms with Gasteiger partial charge in [0, 0.05) is 38.3 Å². The molecule has 2 aromatic carbocycles. The molecule has 1 aromatic heterocycles. The molecule has 1 aliphatic heterocycles. The summed E-state index contributed by atoms with van der Waals surface area (Å²) in [5.74, 6) is -0.0362. The number of hydrogen-bond donors (Lipinski definition) is 1. The Morgan fingerprint density at radius 2 is 1.77 bits per heavy atom. The molecule has 4 rings (SSSR count). The molecule has 0 unspecified atom stereocenters. The molecule has 2 heterocycles. The van der Waals surface area contributed by atoms with Crippen LogP contribution in [-0.2, 0) is 11.3 Å². The van der Waals surface area contributed by atoms with Gasteiger partial charge in [-0.3, -0.25) is 14.5 Å². The number of rotatable bonds is 6. The molecule has 154 valence electrons. The van der Waals surface area contributed by atoms with Gasteiger partial charge in [0.15, 0.2) is 0 Å². The number of aromatic nitrogens is 4. The van der Waals surface area contributed by atoms with E-state index in [0.29, 0.717) is 44.8 Å². The summed E-state index contributed by atoms with van der Waals surface area (Å²) in [5.41, 5.74) is 2.40. The monoisotopic (exact) mass is 405 g/mol. The van der Waals surface area contributed by atoms with Crippen LogP contribution in [-0.4, -0.2) is 74.5 Å². The molecule has 9 heteroatoms. The number of piperazine rings is 1. The normalized spacial score (nSPS) is 14.5. The average Bonchev–Trinajstić information content (AvgIpc) is 3.34. The molecule has 9 nitrogen and oxygen atoms in total. The van der Waals surface area contributed by atoms with Gasteiger partial charge in [-0.25, -0.2) is 4.68 Å². The Bertz CT molecular complexity index is 984. The maximum absolute atomic E-state index is 12.9. The van der Waals surface area contributed by atoms with Crippen molar-refractivity contribution >= 4 is 11.8 Å². The number of benzene rings is 2. The van der Waals surface area contributed by atoms with E-state index in [1.807, 2.05) is 47.4 Å². The van der Waals surface area contributed by atoms with Crippen LogP contribution in [0.5, 0.6) is 0 Å². The first-order valence-electron chi connectivity index (χ1n) is 9.85. The molecule has 0 saturated carbocycles. The van der Waals surface area contributed by atoms with Gasteiger partial charge in [-0.1, -0.05) is 36.4 Å². The van der Waals surface area contributed by atoms with Gasteiger partial charge in [0.25, 0.3) is 5.91 Å². The molecule has 1 N–H and O–H groups in total. The SMILES string of the molecule is O=C(CN1CCN(C(=O)c2cccc(-n3cnnn3)c2)CC1)NCc1ccccc1. The molecule has 0 radical (unpaired) electrons. The standard InChI is InChI=1S/C21H23N7O2/c29-20(22-14-17-5-2-1-3-6-17)15-26-9-11-27(12-10-26)21(30)18-7-4-8-19(13-18)28-16-23-24-25-28/h1-8,13,16H,9-12,14-15H2,(H,22,29). The van der Waals surface area contributed by atoms with E-state index in [0.717, 1.165) is 11.3 Å². The summed E-state index contributed by atoms with van der Waals surface area (Å²) in [5, 5.41) is 14.1. The van der Waals surface area contributed by atoms with E-state index in [1.165, 1.54) is 11.0 Å². The van der Waals surface area contributed by atoms with Crippen LogP contribution in [0.15, 0.2) is 60.9 Å². The molecule has 1 fully saturated rings. The van der Waals surface area contributed by atoms with Crippen molar-refractivity contribution in [2.45, 2.75) is 6.54 Å². The third-order valence-electron chi connectivity index (χ3n) is 5.07. The fraction of sp³-hybridized carbons (Fsp3) is 0.286. The molecule has 3 aromatic rings. The van der Waals surface area contributed by atoms with Gasteiger partial charge in [0.1, 0.15) is 6.33 Å². The highest BCUT2D eigenvalue weighted by atomic mass is 16.2. The van der Waals surface area contributed by atoms with E-state index < -0.39 is 0 Å². The first-order valence-corrected chi connectivity index (χ1v) is 9.85. The van der Waals surface area contributed by atoms with Crippen molar-refractivity contribution in [3.8, 4) is 5.69 Å². The Morgan fingerprint density at radius 3 is 2.50 bits per heavy atom. The lowest BCUT2D eigenvalue weighted by atomic mass is 10.1. The van der Waals surface area contributed by atoms with Crippen molar-refractivity contribution in [1.29, 1.82) is 0 Å². The Hall–Kier alpha value is -3.59. The van der Waals surface area contributed by atoms with Crippen molar-refractivity contribution in [2.24, 2.45) is 0 Å². The zero-order chi connectivity index (χ0) is 20.8. The minimum absolute atomic E-state index is 0.00669. The summed E-state index contributed by atoms with van der Waals surface area (Å²) in [4.78, 5) is 29.0. The van der Waals surface area contributed by atoms with Gasteiger partial charge in [0.2, 0.25) is 5.91 Å². The lowest BCUT2D eigenvalue weighted by Crippen LogP contribution is -2.51. The lowest BCUT2D eigenvalue weighted by molar-refractivity contribution is -0.122. The highest BCUT2D eigenvalue weighted by Crippen LogP contribution is 2.13. The first-order chi connectivity index (χ1) is 14.7. The molecular formula is C21H23N7O2. The van der Waals surface area contributed by atoms with Crippen LogP contribution in [0.3, 0.4) is 0 Å². The molecule has 30 heavy (non-hydrogen) atoms. The summed E-state index contributed by atoms with van der Waals surface area (Å²) in [6.45, 7) is 3.35. The molecule has 1 saturated heterocycles. The van der Waals surface area contributed by atoms with Gasteiger partial charge in [-0.2, -0.15) is 0 Å². The Balaban J connectivity index is 1.26. The van der Waals surface area contributed by atoms with E-state index in [4.69, 9.17) is 0 Å². The second kappa shape index (κ2) is 9.27. The van der Waals surface area contributed by atoms with E-state index in [9.17, 15) is 9.59 Å². The van der Waals surface area contributed by atoms with Crippen molar-refractivity contribution < 1.29 is 9.59 Å². The molecule has 0 atom stereocenters. The summed E-state index contributed by atoms with van der Waals surface area (Å²) in [7, 11) is 0. The lowest BCUT2D eigenvalue weighted by Gasteiger charge is -2.34. The number of hydrogen-bond acceptors (Lipinski definition) is 6. The van der Waals surface area contributed by atoms with Crippen LogP contribution in [0.1, 0.15) is 15.9 Å². The second-order valence-corrected chi connectivity index (χ2v) is 7.14. The summed E-state index contributed by atoms with van der Waals surface area (Å²) in [6, 6.07) is 17.1. The van der Waals surface area contributed by atoms with Gasteiger partial charge in [0.05, 0.1) is 12.2 Å². The van der Waals surface area contributed by atoms with E-state index in [1.54, 1.807) is 12.1 Å². The Labute approximate surface area is 174 Å². The first kappa shape index (κ1) is 19.7. The molecule has 2 amide bonds. The molecule has 0 spiro atoms. The van der Waals surface area contributed by atoms with Crippen LogP contribution in [0.2, 0.25) is 0 Å². The van der Waals surface area contributed by atoms with Crippen LogP contribution in [0.25, 0.3) is 5.69 Å². The average molecular weight is 405 g/mol. The van der Waals surface area contributed by atoms with E-state index >= 15 is 0 Å². The second-order valence-electron chi connectivity index (χ2n) is 7.14. The van der Waals surface area contributed by atoms with Gasteiger partial charge >= 0.3 is 0 Å². The molecule has 0 bridgehead atoms. The third kappa shape index (κ3) is 4.87. The molecular weight excluding hydrogens is 382 g/mol. The predicted molar refractivity (Wildman–Crippen MR) is 110 cm³/mol. The van der Waals surface area contributed by atoms with Crippen LogP contribution < -0.4 is 5.32 Å². The predicted octanol–water partition coefficient (Wildman–Crippen LogP) is 0.737. The number of carbonyl (C=O) groups excluding carboxylic acids is 2. The summed E-state index contributed by atoms with van der Waals surface area (Å²) >= 11 is 0. The van der Waals surface area contributed by atoms with Gasteiger partial charge in [-0.05, 0) is 34.2 Å². The minimum atomic E-state index is -0.0295. The Kier molecular flexibility index (Phi) is 6.09. The fourth-order valence-electron chi connectivity index (χ4n) is 3.41. The quantitative estimate of drug-likeness (QED) is 0.650. The number of carbonyl (C=O) groups is 2. The van der Waals surface area contributed by atoms with Crippen molar-refractivity contribution in [1.82, 2.24) is 35.3 Å². The fourth-order valence-corrected chi connectivity index (χ4v) is 3.41. The zero-order valence-corrected chi connectivity index (χ0v) is 16.5. The minimum Gasteiger partial charge on any atom is -0.351 e. The number of amides is 2. The van der Waals surface area contributed by atoms with Crippen LogP contribution >= 0.6 is 0 Å². The highest BCUT2D eigenvalue weighted by Gasteiger charge is 2.23. The zero-order valence-electron chi connectivity index (χ0n) is 16.5. The van der Waals surface area contributed by atoms with E-state index in [2.05, 4.69) is 25.7 Å². The molecule has 1 aliphatic rings. The maximum Gasteiger partial charge on any atom is 0.254 e. The van der Waals surface area contributed by atoms with Crippen molar-refractivity contribution in [3.63, 3.8) is 0 Å². The number of nitrogens with one attached hydrogen (secondary N) is 1. The Morgan fingerprint density at radius 1 is 0.967 bits per heavy atom. The largest absolute Gasteiger partial charge is 0.351 e. The van der Waals surface area contributed by atoms with Crippen LogP contribution in [0.4, 0.5) is 0 Å². The van der Waals surface area contributed by atoms with Gasteiger partial charge in [-0.15, -0.1) is 5.10 Å². The topological polar surface area (TPSA) is 96.3 Å². The third-order valence-corrected chi connectivity index (χ3v) is 5.07. The number of tetrazole rings is 1. The summed E-state index contributed by atoms with van der Waals surface area (Å²) in [6.07, 6.45) is 1.49. The maximum atomic E-state index is 12.9. The van der Waals surface area contributed by atoms with Gasteiger partial charge < -0.3 is 10.2 Å².